The predicted molar refractivity (Wildman–Crippen MR) is 104 cm³/mol. The van der Waals surface area contributed by atoms with E-state index in [1.165, 1.54) is 6.07 Å². The normalized spacial score (nSPS) is 12.1. The van der Waals surface area contributed by atoms with Gasteiger partial charge < -0.3 is 9.72 Å². The minimum absolute atomic E-state index is 0.277. The Morgan fingerprint density at radius 2 is 1.93 bits per heavy atom. The van der Waals surface area contributed by atoms with E-state index in [-0.39, 0.29) is 6.42 Å². The first-order valence-electron chi connectivity index (χ1n) is 8.58. The first kappa shape index (κ1) is 19.0. The van der Waals surface area contributed by atoms with Crippen LogP contribution in [0, 0.1) is 0 Å². The van der Waals surface area contributed by atoms with Gasteiger partial charge in [-0.15, -0.1) is 10.2 Å². The van der Waals surface area contributed by atoms with Crippen molar-refractivity contribution in [3.8, 4) is 11.4 Å². The average molecular weight is 387 g/mol. The van der Waals surface area contributed by atoms with Crippen LogP contribution in [-0.2, 0) is 6.42 Å². The van der Waals surface area contributed by atoms with Crippen LogP contribution in [0.1, 0.15) is 31.8 Å². The van der Waals surface area contributed by atoms with Crippen molar-refractivity contribution in [1.82, 2.24) is 24.7 Å². The van der Waals surface area contributed by atoms with E-state index in [0.717, 1.165) is 23.0 Å². The van der Waals surface area contributed by atoms with Gasteiger partial charge in [-0.1, -0.05) is 25.6 Å². The molecule has 2 heterocycles. The summed E-state index contributed by atoms with van der Waals surface area (Å²) in [6.45, 7) is 4.25. The van der Waals surface area contributed by atoms with Gasteiger partial charge in [-0.3, -0.25) is 14.3 Å². The Morgan fingerprint density at radius 3 is 2.56 bits per heavy atom. The summed E-state index contributed by atoms with van der Waals surface area (Å²) in [4.78, 5) is 27.9. The molecule has 3 rings (SSSR count). The molecule has 1 aromatic carbocycles. The van der Waals surface area contributed by atoms with Gasteiger partial charge in [-0.25, -0.2) is 4.79 Å². The molecule has 0 fully saturated rings. The zero-order valence-electron chi connectivity index (χ0n) is 15.4. The molecule has 0 aliphatic rings. The maximum atomic E-state index is 11.6. The number of H-pyrrole nitrogens is 2. The fourth-order valence-electron chi connectivity index (χ4n) is 2.53. The molecule has 2 N–H and O–H groups in total. The summed E-state index contributed by atoms with van der Waals surface area (Å²) in [5.41, 5.74) is 0.375. The Kier molecular flexibility index (Phi) is 5.80. The van der Waals surface area contributed by atoms with E-state index in [4.69, 9.17) is 4.74 Å². The quantitative estimate of drug-likeness (QED) is 0.602. The molecule has 27 heavy (non-hydrogen) atoms. The number of aromatic nitrogens is 5. The molecule has 142 valence electrons. The number of nitrogens with one attached hydrogen (secondary N) is 2. The van der Waals surface area contributed by atoms with Gasteiger partial charge >= 0.3 is 5.69 Å². The maximum absolute atomic E-state index is 11.6. The molecule has 0 bridgehead atoms. The standard InChI is InChI=1S/C18H21N5O3S/c1-4-11(2)27-18-22-21-15(9-12-10-16(24)20-17(25)19-12)23(18)13-5-7-14(26-3)8-6-13/h5-8,10-11H,4,9H2,1-3H3,(H2,19,20,24,25)/t11-/m1/s1. The van der Waals surface area contributed by atoms with Crippen LogP contribution in [0.5, 0.6) is 5.75 Å². The zero-order chi connectivity index (χ0) is 19.4. The predicted octanol–water partition coefficient (Wildman–Crippen LogP) is 2.13. The van der Waals surface area contributed by atoms with E-state index in [9.17, 15) is 9.59 Å². The second-order valence-corrected chi connectivity index (χ2v) is 7.46. The first-order valence-corrected chi connectivity index (χ1v) is 9.46. The number of benzene rings is 1. The van der Waals surface area contributed by atoms with Crippen molar-refractivity contribution in [1.29, 1.82) is 0 Å². The average Bonchev–Trinajstić information content (AvgIpc) is 3.02. The maximum Gasteiger partial charge on any atom is 0.325 e. The molecule has 8 nitrogen and oxygen atoms in total. The van der Waals surface area contributed by atoms with Crippen LogP contribution >= 0.6 is 11.8 Å². The van der Waals surface area contributed by atoms with Crippen LogP contribution in [0.3, 0.4) is 0 Å². The molecule has 0 unspecified atom stereocenters. The monoisotopic (exact) mass is 387 g/mol. The second-order valence-electron chi connectivity index (χ2n) is 6.06. The lowest BCUT2D eigenvalue weighted by atomic mass is 10.2. The summed E-state index contributed by atoms with van der Waals surface area (Å²) >= 11 is 1.63. The van der Waals surface area contributed by atoms with Gasteiger partial charge in [0.15, 0.2) is 5.16 Å². The van der Waals surface area contributed by atoms with Crippen molar-refractivity contribution >= 4 is 11.8 Å². The third kappa shape index (κ3) is 4.48. The SMILES string of the molecule is CC[C@@H](C)Sc1nnc(Cc2cc(=O)[nH]c(=O)[nH]2)n1-c1ccc(OC)cc1. The van der Waals surface area contributed by atoms with E-state index in [1.54, 1.807) is 18.9 Å². The number of methoxy groups -OCH3 is 1. The van der Waals surface area contributed by atoms with Crippen LogP contribution in [0.15, 0.2) is 45.1 Å². The fraction of sp³-hybridized carbons (Fsp3) is 0.333. The number of hydrogen-bond acceptors (Lipinski definition) is 6. The molecule has 0 aliphatic heterocycles. The summed E-state index contributed by atoms with van der Waals surface area (Å²) in [7, 11) is 1.62. The minimum atomic E-state index is -0.540. The molecule has 0 saturated heterocycles. The Balaban J connectivity index is 2.04. The van der Waals surface area contributed by atoms with Gasteiger partial charge in [0.05, 0.1) is 7.11 Å². The number of thioether (sulfide) groups is 1. The van der Waals surface area contributed by atoms with Gasteiger partial charge in [0, 0.05) is 29.1 Å². The number of hydrogen-bond donors (Lipinski definition) is 2. The zero-order valence-corrected chi connectivity index (χ0v) is 16.2. The minimum Gasteiger partial charge on any atom is -0.497 e. The van der Waals surface area contributed by atoms with Crippen molar-refractivity contribution in [3.05, 3.63) is 62.7 Å². The molecule has 0 saturated carbocycles. The van der Waals surface area contributed by atoms with Crippen LogP contribution in [0.25, 0.3) is 5.69 Å². The van der Waals surface area contributed by atoms with Gasteiger partial charge in [0.2, 0.25) is 0 Å². The van der Waals surface area contributed by atoms with Gasteiger partial charge in [0.25, 0.3) is 5.56 Å². The number of aromatic amines is 2. The van der Waals surface area contributed by atoms with E-state index < -0.39 is 11.2 Å². The molecular formula is C18H21N5O3S. The number of nitrogens with zero attached hydrogens (tertiary/aromatic N) is 3. The molecule has 0 amide bonds. The molecule has 0 spiro atoms. The van der Waals surface area contributed by atoms with Crippen molar-refractivity contribution in [2.24, 2.45) is 0 Å². The molecule has 9 heteroatoms. The van der Waals surface area contributed by atoms with E-state index >= 15 is 0 Å². The summed E-state index contributed by atoms with van der Waals surface area (Å²) in [6.07, 6.45) is 1.27. The molecule has 0 radical (unpaired) electrons. The lowest BCUT2D eigenvalue weighted by Crippen LogP contribution is -2.23. The van der Waals surface area contributed by atoms with Crippen molar-refractivity contribution in [2.75, 3.05) is 7.11 Å². The lowest BCUT2D eigenvalue weighted by molar-refractivity contribution is 0.414. The molecule has 0 aliphatic carbocycles. The molecule has 3 aromatic rings. The Bertz CT molecular complexity index is 994. The van der Waals surface area contributed by atoms with Crippen LogP contribution in [0.4, 0.5) is 0 Å². The Labute approximate surface area is 160 Å². The smallest absolute Gasteiger partial charge is 0.325 e. The van der Waals surface area contributed by atoms with Crippen molar-refractivity contribution < 1.29 is 4.74 Å². The highest BCUT2D eigenvalue weighted by Crippen LogP contribution is 2.28. The Morgan fingerprint density at radius 1 is 1.19 bits per heavy atom. The van der Waals surface area contributed by atoms with Crippen LogP contribution in [-0.4, -0.2) is 37.1 Å². The number of ether oxygens (including phenoxy) is 1. The molecule has 2 aromatic heterocycles. The van der Waals surface area contributed by atoms with Crippen molar-refractivity contribution in [3.63, 3.8) is 0 Å². The van der Waals surface area contributed by atoms with Gasteiger partial charge in [-0.2, -0.15) is 0 Å². The molecular weight excluding hydrogens is 366 g/mol. The highest BCUT2D eigenvalue weighted by Gasteiger charge is 2.17. The fourth-order valence-corrected chi connectivity index (χ4v) is 3.46. The second kappa shape index (κ2) is 8.26. The van der Waals surface area contributed by atoms with E-state index in [1.807, 2.05) is 28.8 Å². The topological polar surface area (TPSA) is 106 Å². The van der Waals surface area contributed by atoms with E-state index in [2.05, 4.69) is 34.0 Å². The summed E-state index contributed by atoms with van der Waals surface area (Å²) in [6, 6.07) is 8.94. The van der Waals surface area contributed by atoms with Gasteiger partial charge in [0.1, 0.15) is 11.6 Å². The lowest BCUT2D eigenvalue weighted by Gasteiger charge is -2.13. The van der Waals surface area contributed by atoms with Crippen LogP contribution < -0.4 is 16.0 Å². The number of rotatable bonds is 7. The van der Waals surface area contributed by atoms with Crippen LogP contribution in [0.2, 0.25) is 0 Å². The highest BCUT2D eigenvalue weighted by atomic mass is 32.2. The summed E-state index contributed by atoms with van der Waals surface area (Å²) < 4.78 is 7.17. The van der Waals surface area contributed by atoms with E-state index in [0.29, 0.717) is 16.8 Å². The first-order chi connectivity index (χ1) is 13.0. The third-order valence-electron chi connectivity index (χ3n) is 4.08. The third-order valence-corrected chi connectivity index (χ3v) is 5.29. The largest absolute Gasteiger partial charge is 0.497 e. The summed E-state index contributed by atoms with van der Waals surface area (Å²) in [5.74, 6) is 1.38. The Hall–Kier alpha value is -2.81. The van der Waals surface area contributed by atoms with Crippen molar-refractivity contribution in [2.45, 2.75) is 37.1 Å². The van der Waals surface area contributed by atoms with Gasteiger partial charge in [-0.05, 0) is 30.7 Å². The molecule has 1 atom stereocenters. The highest BCUT2D eigenvalue weighted by molar-refractivity contribution is 7.99. The summed E-state index contributed by atoms with van der Waals surface area (Å²) in [5, 5.41) is 9.77.